The number of hydrogen-bond donors (Lipinski definition) is 1. The number of aryl methyl sites for hydroxylation is 1. The molecule has 2 aromatic carbocycles. The Labute approximate surface area is 159 Å². The molecule has 1 aliphatic rings. The van der Waals surface area contributed by atoms with Crippen LogP contribution in [0.4, 0.5) is 0 Å². The number of hydrogen-bond acceptors (Lipinski definition) is 5. The van der Waals surface area contributed by atoms with E-state index in [-0.39, 0.29) is 5.91 Å². The second-order valence-corrected chi connectivity index (χ2v) is 6.27. The summed E-state index contributed by atoms with van der Waals surface area (Å²) in [5, 5.41) is 2.96. The summed E-state index contributed by atoms with van der Waals surface area (Å²) in [5.74, 6) is 2.95. The molecule has 0 saturated carbocycles. The van der Waals surface area contributed by atoms with Crippen LogP contribution < -0.4 is 24.3 Å². The molecular weight excluding hydrogens is 346 g/mol. The highest BCUT2D eigenvalue weighted by atomic mass is 16.6. The summed E-state index contributed by atoms with van der Waals surface area (Å²) in [6.07, 6.45) is 1.83. The molecule has 6 nitrogen and oxygen atoms in total. The van der Waals surface area contributed by atoms with E-state index in [1.165, 1.54) is 0 Å². The number of ether oxygens (including phenoxy) is 4. The number of fused-ring (bicyclic) bond motifs is 1. The lowest BCUT2D eigenvalue weighted by Gasteiger charge is -2.18. The van der Waals surface area contributed by atoms with E-state index in [1.807, 2.05) is 36.4 Å². The van der Waals surface area contributed by atoms with Gasteiger partial charge in [0.1, 0.15) is 13.2 Å². The van der Waals surface area contributed by atoms with Gasteiger partial charge in [-0.05, 0) is 48.2 Å². The molecule has 0 unspecified atom stereocenters. The molecule has 1 aliphatic heterocycles. The van der Waals surface area contributed by atoms with Crippen LogP contribution in [0.2, 0.25) is 0 Å². The number of methoxy groups -OCH3 is 2. The standard InChI is InChI=1S/C21H25NO5/c1-24-17-6-3-16(13-19(17)25-2)9-10-22-21(23)8-5-15-4-7-18-20(14-15)27-12-11-26-18/h3-4,6-7,13-14H,5,8-12H2,1-2H3,(H,22,23). The predicted molar refractivity (Wildman–Crippen MR) is 102 cm³/mol. The van der Waals surface area contributed by atoms with Crippen molar-refractivity contribution in [2.45, 2.75) is 19.3 Å². The third-order valence-corrected chi connectivity index (χ3v) is 4.43. The summed E-state index contributed by atoms with van der Waals surface area (Å²) in [5.41, 5.74) is 2.15. The van der Waals surface area contributed by atoms with Gasteiger partial charge in [0.15, 0.2) is 23.0 Å². The summed E-state index contributed by atoms with van der Waals surface area (Å²) < 4.78 is 21.6. The Morgan fingerprint density at radius 2 is 1.63 bits per heavy atom. The molecule has 27 heavy (non-hydrogen) atoms. The number of benzene rings is 2. The van der Waals surface area contributed by atoms with Crippen LogP contribution in [0.3, 0.4) is 0 Å². The van der Waals surface area contributed by atoms with Gasteiger partial charge < -0.3 is 24.3 Å². The van der Waals surface area contributed by atoms with Crippen LogP contribution in [0.25, 0.3) is 0 Å². The van der Waals surface area contributed by atoms with E-state index in [1.54, 1.807) is 14.2 Å². The lowest BCUT2D eigenvalue weighted by molar-refractivity contribution is -0.121. The molecule has 0 spiro atoms. The molecule has 0 radical (unpaired) electrons. The van der Waals surface area contributed by atoms with Crippen molar-refractivity contribution in [3.05, 3.63) is 47.5 Å². The molecule has 0 aromatic heterocycles. The van der Waals surface area contributed by atoms with Gasteiger partial charge in [0.05, 0.1) is 14.2 Å². The molecule has 3 rings (SSSR count). The van der Waals surface area contributed by atoms with Crippen molar-refractivity contribution >= 4 is 5.91 Å². The average molecular weight is 371 g/mol. The number of rotatable bonds is 8. The Morgan fingerprint density at radius 3 is 2.41 bits per heavy atom. The van der Waals surface area contributed by atoms with Crippen LogP contribution in [0.5, 0.6) is 23.0 Å². The van der Waals surface area contributed by atoms with Gasteiger partial charge in [0.2, 0.25) is 5.91 Å². The van der Waals surface area contributed by atoms with Gasteiger partial charge >= 0.3 is 0 Å². The number of amides is 1. The highest BCUT2D eigenvalue weighted by molar-refractivity contribution is 5.76. The summed E-state index contributed by atoms with van der Waals surface area (Å²) in [6, 6.07) is 11.6. The lowest BCUT2D eigenvalue weighted by atomic mass is 10.1. The molecule has 2 aromatic rings. The van der Waals surface area contributed by atoms with Crippen molar-refractivity contribution in [2.24, 2.45) is 0 Å². The minimum atomic E-state index is 0.0327. The van der Waals surface area contributed by atoms with Crippen molar-refractivity contribution in [2.75, 3.05) is 34.0 Å². The van der Waals surface area contributed by atoms with Crippen molar-refractivity contribution in [1.82, 2.24) is 5.32 Å². The SMILES string of the molecule is COc1ccc(CCNC(=O)CCc2ccc3c(c2)OCCO3)cc1OC. The van der Waals surface area contributed by atoms with Crippen LogP contribution in [0, 0.1) is 0 Å². The van der Waals surface area contributed by atoms with Crippen molar-refractivity contribution < 1.29 is 23.7 Å². The molecule has 1 amide bonds. The Bertz CT molecular complexity index is 790. The number of nitrogens with one attached hydrogen (secondary N) is 1. The predicted octanol–water partition coefficient (Wildman–Crippen LogP) is 2.77. The smallest absolute Gasteiger partial charge is 0.220 e. The number of carbonyl (C=O) groups is 1. The minimum Gasteiger partial charge on any atom is -0.493 e. The van der Waals surface area contributed by atoms with Crippen LogP contribution in [0.1, 0.15) is 17.5 Å². The molecular formula is C21H25NO5. The third kappa shape index (κ3) is 5.06. The molecule has 144 valence electrons. The zero-order valence-corrected chi connectivity index (χ0v) is 15.7. The second-order valence-electron chi connectivity index (χ2n) is 6.27. The van der Waals surface area contributed by atoms with Gasteiger partial charge in [-0.1, -0.05) is 12.1 Å². The highest BCUT2D eigenvalue weighted by Gasteiger charge is 2.12. The molecule has 0 aliphatic carbocycles. The Hall–Kier alpha value is -2.89. The van der Waals surface area contributed by atoms with Gasteiger partial charge in [0, 0.05) is 13.0 Å². The summed E-state index contributed by atoms with van der Waals surface area (Å²) >= 11 is 0. The fraction of sp³-hybridized carbons (Fsp3) is 0.381. The zero-order valence-electron chi connectivity index (χ0n) is 15.7. The van der Waals surface area contributed by atoms with Crippen molar-refractivity contribution in [3.63, 3.8) is 0 Å². The molecule has 1 heterocycles. The monoisotopic (exact) mass is 371 g/mol. The van der Waals surface area contributed by atoms with Crippen molar-refractivity contribution in [1.29, 1.82) is 0 Å². The van der Waals surface area contributed by atoms with E-state index in [0.717, 1.165) is 29.0 Å². The van der Waals surface area contributed by atoms with E-state index < -0.39 is 0 Å². The van der Waals surface area contributed by atoms with Gasteiger partial charge in [-0.25, -0.2) is 0 Å². The largest absolute Gasteiger partial charge is 0.493 e. The maximum Gasteiger partial charge on any atom is 0.220 e. The summed E-state index contributed by atoms with van der Waals surface area (Å²) in [4.78, 5) is 12.1. The van der Waals surface area contributed by atoms with Crippen LogP contribution in [-0.4, -0.2) is 39.9 Å². The lowest BCUT2D eigenvalue weighted by Crippen LogP contribution is -2.25. The maximum absolute atomic E-state index is 12.1. The van der Waals surface area contributed by atoms with E-state index in [4.69, 9.17) is 18.9 Å². The fourth-order valence-corrected chi connectivity index (χ4v) is 2.97. The van der Waals surface area contributed by atoms with Gasteiger partial charge in [-0.3, -0.25) is 4.79 Å². The molecule has 0 fully saturated rings. The first-order chi connectivity index (χ1) is 13.2. The maximum atomic E-state index is 12.1. The first-order valence-corrected chi connectivity index (χ1v) is 9.05. The molecule has 1 N–H and O–H groups in total. The number of carbonyl (C=O) groups excluding carboxylic acids is 1. The van der Waals surface area contributed by atoms with E-state index in [0.29, 0.717) is 44.1 Å². The first-order valence-electron chi connectivity index (χ1n) is 9.05. The van der Waals surface area contributed by atoms with E-state index in [2.05, 4.69) is 5.32 Å². The topological polar surface area (TPSA) is 66.0 Å². The third-order valence-electron chi connectivity index (χ3n) is 4.43. The van der Waals surface area contributed by atoms with Crippen LogP contribution in [-0.2, 0) is 17.6 Å². The van der Waals surface area contributed by atoms with E-state index in [9.17, 15) is 4.79 Å². The summed E-state index contributed by atoms with van der Waals surface area (Å²) in [6.45, 7) is 1.72. The quantitative estimate of drug-likeness (QED) is 0.773. The van der Waals surface area contributed by atoms with Crippen LogP contribution >= 0.6 is 0 Å². The minimum absolute atomic E-state index is 0.0327. The normalized spacial score (nSPS) is 12.4. The second kappa shape index (κ2) is 9.16. The van der Waals surface area contributed by atoms with Crippen LogP contribution in [0.15, 0.2) is 36.4 Å². The highest BCUT2D eigenvalue weighted by Crippen LogP contribution is 2.31. The van der Waals surface area contributed by atoms with E-state index >= 15 is 0 Å². The average Bonchev–Trinajstić information content (AvgIpc) is 2.72. The first kappa shape index (κ1) is 18.9. The summed E-state index contributed by atoms with van der Waals surface area (Å²) in [7, 11) is 3.22. The Balaban J connectivity index is 1.43. The molecule has 0 bridgehead atoms. The Morgan fingerprint density at radius 1 is 0.926 bits per heavy atom. The molecule has 6 heteroatoms. The Kier molecular flexibility index (Phi) is 6.41. The zero-order chi connectivity index (χ0) is 19.1. The van der Waals surface area contributed by atoms with Gasteiger partial charge in [-0.2, -0.15) is 0 Å². The van der Waals surface area contributed by atoms with Gasteiger partial charge in [0.25, 0.3) is 0 Å². The fourth-order valence-electron chi connectivity index (χ4n) is 2.97. The van der Waals surface area contributed by atoms with Crippen molar-refractivity contribution in [3.8, 4) is 23.0 Å². The molecule has 0 saturated heterocycles. The molecule has 0 atom stereocenters. The van der Waals surface area contributed by atoms with Gasteiger partial charge in [-0.15, -0.1) is 0 Å².